The molecule has 46 heavy (non-hydrogen) atoms. The second-order valence-corrected chi connectivity index (χ2v) is 12.1. The summed E-state index contributed by atoms with van der Waals surface area (Å²) in [7, 11) is 6.46. The molecule has 0 aliphatic rings. The number of methoxy groups -OCH3 is 4. The van der Waals surface area contributed by atoms with Crippen LogP contribution in [0.3, 0.4) is 0 Å². The number of carbonyl (C=O) groups excluding carboxylic acids is 1. The number of carbonyl (C=O) groups is 1. The fraction of sp³-hybridized carbons (Fsp3) is 0.297. The highest BCUT2D eigenvalue weighted by atomic mass is 35.5. The van der Waals surface area contributed by atoms with Crippen molar-refractivity contribution in [2.75, 3.05) is 35.0 Å². The lowest BCUT2D eigenvalue weighted by atomic mass is 9.99. The van der Waals surface area contributed by atoms with Crippen LogP contribution in [0.4, 0.5) is 5.69 Å². The molecule has 0 bridgehead atoms. The van der Waals surface area contributed by atoms with Gasteiger partial charge in [-0.3, -0.25) is 0 Å². The number of nitrogens with zero attached hydrogens (tertiary/aromatic N) is 3. The monoisotopic (exact) mass is 642 g/mol. The highest BCUT2D eigenvalue weighted by molar-refractivity contribution is 6.35. The highest BCUT2D eigenvalue weighted by Crippen LogP contribution is 2.45. The van der Waals surface area contributed by atoms with Gasteiger partial charge in [-0.2, -0.15) is 0 Å². The zero-order valence-corrected chi connectivity index (χ0v) is 28.0. The van der Waals surface area contributed by atoms with Gasteiger partial charge in [-0.25, -0.2) is 14.3 Å². The lowest BCUT2D eigenvalue weighted by Gasteiger charge is -2.33. The Kier molecular flexibility index (Phi) is 10.2. The molecular formula is C37H41ClN3O5+. The fourth-order valence-electron chi connectivity index (χ4n) is 5.90. The molecule has 0 saturated carbocycles. The van der Waals surface area contributed by atoms with E-state index in [2.05, 4.69) is 30.4 Å². The first-order valence-corrected chi connectivity index (χ1v) is 15.7. The van der Waals surface area contributed by atoms with Gasteiger partial charge in [0, 0.05) is 24.2 Å². The molecule has 1 atom stereocenters. The first-order valence-electron chi connectivity index (χ1n) is 15.3. The van der Waals surface area contributed by atoms with E-state index in [4.69, 9.17) is 35.5 Å². The normalized spacial score (nSPS) is 12.6. The van der Waals surface area contributed by atoms with Gasteiger partial charge in [0.2, 0.25) is 0 Å². The Morgan fingerprint density at radius 1 is 0.870 bits per heavy atom. The van der Waals surface area contributed by atoms with Gasteiger partial charge in [0.15, 0.2) is 17.2 Å². The van der Waals surface area contributed by atoms with Gasteiger partial charge in [0.25, 0.3) is 0 Å². The van der Waals surface area contributed by atoms with E-state index in [0.717, 1.165) is 58.1 Å². The molecule has 9 heteroatoms. The number of ether oxygens (including phenoxy) is 4. The molecular weight excluding hydrogens is 602 g/mol. The largest absolute Gasteiger partial charge is 0.497 e. The van der Waals surface area contributed by atoms with E-state index in [9.17, 15) is 4.79 Å². The van der Waals surface area contributed by atoms with E-state index < -0.39 is 0 Å². The van der Waals surface area contributed by atoms with Crippen LogP contribution in [0.2, 0.25) is 5.02 Å². The molecule has 0 fully saturated rings. The number of amides is 1. The van der Waals surface area contributed by atoms with Crippen molar-refractivity contribution in [2.45, 2.75) is 33.2 Å². The van der Waals surface area contributed by atoms with E-state index in [0.29, 0.717) is 47.6 Å². The number of rotatable bonds is 14. The summed E-state index contributed by atoms with van der Waals surface area (Å²) in [6, 6.07) is 23.7. The van der Waals surface area contributed by atoms with Crippen LogP contribution in [-0.2, 0) is 17.8 Å². The van der Waals surface area contributed by atoms with Crippen LogP contribution in [0.5, 0.6) is 23.0 Å². The molecule has 5 rings (SSSR count). The minimum atomic E-state index is -0.0603. The molecule has 3 aromatic carbocycles. The van der Waals surface area contributed by atoms with Crippen LogP contribution in [0.15, 0.2) is 79.0 Å². The molecule has 0 aliphatic heterocycles. The number of quaternary nitrogens is 1. The Morgan fingerprint density at radius 2 is 1.63 bits per heavy atom. The first kappa shape index (κ1) is 32.9. The van der Waals surface area contributed by atoms with Crippen molar-refractivity contribution in [3.63, 3.8) is 0 Å². The molecule has 1 amide bonds. The SMILES string of the molecule is COc1cccc(-c2ccc(OC)c(Cc3c(C[N+](C=O)(CCC(C)C)c4ccc(OC)c(OC)c4Cl)nc4ccccn34)c2)c1. The quantitative estimate of drug-likeness (QED) is 0.0903. The molecule has 0 spiro atoms. The molecule has 1 unspecified atom stereocenters. The summed E-state index contributed by atoms with van der Waals surface area (Å²) in [5.74, 6) is 2.81. The summed E-state index contributed by atoms with van der Waals surface area (Å²) < 4.78 is 24.5. The summed E-state index contributed by atoms with van der Waals surface area (Å²) in [5, 5.41) is 0.343. The summed E-state index contributed by atoms with van der Waals surface area (Å²) in [4.78, 5) is 18.5. The maximum Gasteiger partial charge on any atom is 0.306 e. The Morgan fingerprint density at radius 3 is 2.33 bits per heavy atom. The van der Waals surface area contributed by atoms with Gasteiger partial charge in [-0.15, -0.1) is 0 Å². The van der Waals surface area contributed by atoms with Crippen LogP contribution >= 0.6 is 11.6 Å². The number of hydrogen-bond acceptors (Lipinski definition) is 6. The zero-order chi connectivity index (χ0) is 32.8. The van der Waals surface area contributed by atoms with Crippen molar-refractivity contribution in [1.82, 2.24) is 13.9 Å². The predicted molar refractivity (Wildman–Crippen MR) is 183 cm³/mol. The van der Waals surface area contributed by atoms with Gasteiger partial charge in [0.05, 0.1) is 40.7 Å². The van der Waals surface area contributed by atoms with E-state index in [1.54, 1.807) is 34.5 Å². The number of halogens is 1. The van der Waals surface area contributed by atoms with Gasteiger partial charge >= 0.3 is 6.41 Å². The third-order valence-corrected chi connectivity index (χ3v) is 8.80. The first-order chi connectivity index (χ1) is 22.3. The molecule has 0 radical (unpaired) electrons. The average molecular weight is 643 g/mol. The van der Waals surface area contributed by atoms with Crippen LogP contribution in [0.1, 0.15) is 37.2 Å². The van der Waals surface area contributed by atoms with Crippen molar-refractivity contribution >= 4 is 29.3 Å². The summed E-state index contributed by atoms with van der Waals surface area (Å²) in [6.07, 6.45) is 4.30. The van der Waals surface area contributed by atoms with Crippen LogP contribution in [0.25, 0.3) is 16.8 Å². The number of pyridine rings is 1. The van der Waals surface area contributed by atoms with Gasteiger partial charge in [0.1, 0.15) is 34.4 Å². The van der Waals surface area contributed by atoms with Gasteiger partial charge in [-0.1, -0.05) is 49.7 Å². The van der Waals surface area contributed by atoms with Gasteiger partial charge in [-0.05, 0) is 65.9 Å². The number of hydrogen-bond donors (Lipinski definition) is 0. The van der Waals surface area contributed by atoms with Crippen molar-refractivity contribution in [3.8, 4) is 34.1 Å². The highest BCUT2D eigenvalue weighted by Gasteiger charge is 2.37. The minimum absolute atomic E-state index is 0.0603. The topological polar surface area (TPSA) is 71.3 Å². The van der Waals surface area contributed by atoms with Crippen LogP contribution in [-0.4, -0.2) is 50.8 Å². The summed E-state index contributed by atoms with van der Waals surface area (Å²) in [5.41, 5.74) is 6.25. The van der Waals surface area contributed by atoms with Gasteiger partial charge < -0.3 is 23.3 Å². The molecule has 2 aromatic heterocycles. The fourth-order valence-corrected chi connectivity index (χ4v) is 6.30. The van der Waals surface area contributed by atoms with Crippen molar-refractivity contribution < 1.29 is 23.7 Å². The standard InChI is InChI=1S/C37H41ClN3O5/c1-25(2)17-19-41(24-42,32-14-16-34(45-5)37(46-6)36(32)38)23-30-31(40-18-8-7-12-35(40)39-30)22-28-20-27(13-15-33(28)44-4)26-10-9-11-29(21-26)43-3/h7-16,18,20-21,24-25H,17,19,22-23H2,1-6H3/q+1. The third kappa shape index (κ3) is 6.55. The number of imidazole rings is 1. The third-order valence-electron chi connectivity index (χ3n) is 8.44. The zero-order valence-electron chi connectivity index (χ0n) is 27.2. The number of fused-ring (bicyclic) bond motifs is 1. The number of benzene rings is 3. The van der Waals surface area contributed by atoms with Crippen LogP contribution in [0, 0.1) is 5.92 Å². The molecule has 0 N–H and O–H groups in total. The molecule has 2 heterocycles. The second-order valence-electron chi connectivity index (χ2n) is 11.7. The van der Waals surface area contributed by atoms with Crippen LogP contribution < -0.4 is 23.4 Å². The molecule has 0 aliphatic carbocycles. The molecule has 5 aromatic rings. The van der Waals surface area contributed by atoms with E-state index in [1.807, 2.05) is 60.8 Å². The van der Waals surface area contributed by atoms with Crippen molar-refractivity contribution in [3.05, 3.63) is 101 Å². The second kappa shape index (κ2) is 14.3. The Bertz CT molecular complexity index is 1840. The number of aromatic nitrogens is 2. The summed E-state index contributed by atoms with van der Waals surface area (Å²) >= 11 is 6.99. The molecule has 8 nitrogen and oxygen atoms in total. The maximum absolute atomic E-state index is 13.4. The Balaban J connectivity index is 1.65. The van der Waals surface area contributed by atoms with E-state index >= 15 is 0 Å². The van der Waals surface area contributed by atoms with E-state index in [-0.39, 0.29) is 4.48 Å². The lowest BCUT2D eigenvalue weighted by molar-refractivity contribution is -0.118. The average Bonchev–Trinajstić information content (AvgIpc) is 3.42. The minimum Gasteiger partial charge on any atom is -0.497 e. The Hall–Kier alpha value is -4.53. The van der Waals surface area contributed by atoms with Crippen molar-refractivity contribution in [1.29, 1.82) is 0 Å². The van der Waals surface area contributed by atoms with E-state index in [1.165, 1.54) is 0 Å². The predicted octanol–water partition coefficient (Wildman–Crippen LogP) is 7.99. The Labute approximate surface area is 275 Å². The van der Waals surface area contributed by atoms with Crippen molar-refractivity contribution in [2.24, 2.45) is 5.92 Å². The summed E-state index contributed by atoms with van der Waals surface area (Å²) in [6.45, 7) is 5.11. The smallest absolute Gasteiger partial charge is 0.306 e. The maximum atomic E-state index is 13.4. The lowest BCUT2D eigenvalue weighted by Crippen LogP contribution is -2.49. The molecule has 0 saturated heterocycles. The molecule has 240 valence electrons.